The lowest BCUT2D eigenvalue weighted by molar-refractivity contribution is -0.0510. The molecule has 1 amide bonds. The highest BCUT2D eigenvalue weighted by atomic mass is 35.5. The largest absolute Gasteiger partial charge is 0.392 e. The van der Waals surface area contributed by atoms with Gasteiger partial charge >= 0.3 is 0 Å². The molecule has 0 spiro atoms. The molecule has 20 heavy (non-hydrogen) atoms. The maximum Gasteiger partial charge on any atom is 0.254 e. The monoisotopic (exact) mass is 296 g/mol. The first-order chi connectivity index (χ1) is 9.23. The van der Waals surface area contributed by atoms with Crippen molar-refractivity contribution in [3.05, 3.63) is 28.8 Å². The zero-order valence-corrected chi connectivity index (χ0v) is 13.0. The molecule has 0 aliphatic heterocycles. The van der Waals surface area contributed by atoms with E-state index in [2.05, 4.69) is 5.32 Å². The van der Waals surface area contributed by atoms with Gasteiger partial charge in [-0.15, -0.1) is 0 Å². The highest BCUT2D eigenvalue weighted by molar-refractivity contribution is 6.34. The molecule has 4 nitrogen and oxygen atoms in total. The fourth-order valence-corrected chi connectivity index (χ4v) is 2.57. The van der Waals surface area contributed by atoms with Gasteiger partial charge in [0.1, 0.15) is 0 Å². The van der Waals surface area contributed by atoms with Crippen molar-refractivity contribution < 1.29 is 9.90 Å². The lowest BCUT2D eigenvalue weighted by Gasteiger charge is -2.49. The minimum absolute atomic E-state index is 0.119. The second-order valence-electron chi connectivity index (χ2n) is 6.16. The van der Waals surface area contributed by atoms with Crippen LogP contribution in [0.25, 0.3) is 0 Å². The summed E-state index contributed by atoms with van der Waals surface area (Å²) in [5.74, 6) is -0.119. The summed E-state index contributed by atoms with van der Waals surface area (Å²) in [7, 11) is 3.40. The highest BCUT2D eigenvalue weighted by Crippen LogP contribution is 2.42. The Hall–Kier alpha value is -1.26. The number of aliphatic hydroxyl groups is 1. The Morgan fingerprint density at radius 3 is 2.60 bits per heavy atom. The topological polar surface area (TPSA) is 52.6 Å². The maximum atomic E-state index is 12.0. The molecule has 1 aromatic carbocycles. The van der Waals surface area contributed by atoms with E-state index in [4.69, 9.17) is 11.6 Å². The number of nitrogens with zero attached hydrogens (tertiary/aromatic N) is 1. The number of amides is 1. The molecule has 1 aliphatic carbocycles. The quantitative estimate of drug-likeness (QED) is 0.901. The Kier molecular flexibility index (Phi) is 3.98. The predicted molar refractivity (Wildman–Crippen MR) is 81.3 cm³/mol. The number of anilines is 1. The summed E-state index contributed by atoms with van der Waals surface area (Å²) >= 11 is 6.08. The van der Waals surface area contributed by atoms with Crippen molar-refractivity contribution >= 4 is 23.2 Å². The summed E-state index contributed by atoms with van der Waals surface area (Å²) in [6, 6.07) is 5.55. The Labute approximate surface area is 124 Å². The van der Waals surface area contributed by atoms with Gasteiger partial charge in [0.15, 0.2) is 0 Å². The smallest absolute Gasteiger partial charge is 0.254 e. The molecule has 1 fully saturated rings. The average Bonchev–Trinajstić information content (AvgIpc) is 2.39. The van der Waals surface area contributed by atoms with E-state index in [0.717, 1.165) is 5.69 Å². The molecule has 0 saturated heterocycles. The first-order valence-corrected chi connectivity index (χ1v) is 7.07. The van der Waals surface area contributed by atoms with Crippen LogP contribution in [-0.4, -0.2) is 42.2 Å². The van der Waals surface area contributed by atoms with Crippen LogP contribution >= 0.6 is 11.6 Å². The molecule has 2 unspecified atom stereocenters. The van der Waals surface area contributed by atoms with E-state index in [0.29, 0.717) is 17.0 Å². The number of hydrogen-bond acceptors (Lipinski definition) is 3. The third kappa shape index (κ3) is 2.63. The number of halogens is 1. The minimum Gasteiger partial charge on any atom is -0.392 e. The van der Waals surface area contributed by atoms with Crippen LogP contribution in [0.15, 0.2) is 18.2 Å². The van der Waals surface area contributed by atoms with Gasteiger partial charge in [-0.1, -0.05) is 25.4 Å². The van der Waals surface area contributed by atoms with Crippen molar-refractivity contribution in [2.24, 2.45) is 5.41 Å². The zero-order chi connectivity index (χ0) is 15.1. The number of carbonyl (C=O) groups is 1. The first-order valence-electron chi connectivity index (χ1n) is 6.69. The van der Waals surface area contributed by atoms with Gasteiger partial charge < -0.3 is 15.3 Å². The van der Waals surface area contributed by atoms with Crippen molar-refractivity contribution in [1.82, 2.24) is 4.90 Å². The van der Waals surface area contributed by atoms with E-state index >= 15 is 0 Å². The molecule has 0 aromatic heterocycles. The second-order valence-corrected chi connectivity index (χ2v) is 6.57. The fraction of sp³-hybridized carbons (Fsp3) is 0.533. The van der Waals surface area contributed by atoms with Gasteiger partial charge in [-0.25, -0.2) is 0 Å². The van der Waals surface area contributed by atoms with Crippen molar-refractivity contribution in [3.63, 3.8) is 0 Å². The molecule has 0 heterocycles. The summed E-state index contributed by atoms with van der Waals surface area (Å²) < 4.78 is 0. The predicted octanol–water partition coefficient (Wildman–Crippen LogP) is 2.61. The van der Waals surface area contributed by atoms with E-state index in [1.165, 1.54) is 4.90 Å². The normalized spacial score (nSPS) is 23.9. The molecule has 1 saturated carbocycles. The van der Waals surface area contributed by atoms with E-state index in [-0.39, 0.29) is 23.5 Å². The third-order valence-corrected chi connectivity index (χ3v) is 4.49. The van der Waals surface area contributed by atoms with Gasteiger partial charge in [0.05, 0.1) is 16.7 Å². The number of rotatable bonds is 3. The zero-order valence-electron chi connectivity index (χ0n) is 12.3. The van der Waals surface area contributed by atoms with E-state index in [1.807, 2.05) is 19.9 Å². The molecule has 1 aliphatic rings. The average molecular weight is 297 g/mol. The highest BCUT2D eigenvalue weighted by Gasteiger charge is 2.47. The van der Waals surface area contributed by atoms with Gasteiger partial charge in [0.25, 0.3) is 5.91 Å². The van der Waals surface area contributed by atoms with Crippen molar-refractivity contribution in [2.45, 2.75) is 32.4 Å². The number of benzene rings is 1. The van der Waals surface area contributed by atoms with Crippen LogP contribution in [0.4, 0.5) is 5.69 Å². The van der Waals surface area contributed by atoms with Crippen LogP contribution in [0, 0.1) is 5.41 Å². The number of hydrogen-bond donors (Lipinski definition) is 2. The molecule has 5 heteroatoms. The number of carbonyl (C=O) groups excluding carboxylic acids is 1. The summed E-state index contributed by atoms with van der Waals surface area (Å²) in [5, 5.41) is 13.6. The van der Waals surface area contributed by atoms with Crippen LogP contribution < -0.4 is 5.32 Å². The summed E-state index contributed by atoms with van der Waals surface area (Å²) in [4.78, 5) is 13.5. The molecule has 0 radical (unpaired) electrons. The van der Waals surface area contributed by atoms with E-state index in [1.54, 1.807) is 26.2 Å². The van der Waals surface area contributed by atoms with Crippen LogP contribution in [-0.2, 0) is 0 Å². The summed E-state index contributed by atoms with van der Waals surface area (Å²) in [5.41, 5.74) is 1.18. The molecule has 0 bridgehead atoms. The molecule has 110 valence electrons. The molecule has 1 aromatic rings. The van der Waals surface area contributed by atoms with Crippen LogP contribution in [0.1, 0.15) is 30.6 Å². The van der Waals surface area contributed by atoms with Crippen LogP contribution in [0.2, 0.25) is 5.02 Å². The van der Waals surface area contributed by atoms with Crippen molar-refractivity contribution in [2.75, 3.05) is 19.4 Å². The molecular weight excluding hydrogens is 276 g/mol. The Bertz CT molecular complexity index is 529. The Morgan fingerprint density at radius 1 is 1.45 bits per heavy atom. The van der Waals surface area contributed by atoms with Crippen LogP contribution in [0.3, 0.4) is 0 Å². The van der Waals surface area contributed by atoms with Gasteiger partial charge in [-0.05, 0) is 24.6 Å². The van der Waals surface area contributed by atoms with E-state index in [9.17, 15) is 9.90 Å². The SMILES string of the molecule is CN(C)C(=O)c1cc(NC2CC(O)C2(C)C)ccc1Cl. The summed E-state index contributed by atoms with van der Waals surface area (Å²) in [6.45, 7) is 4.06. The second kappa shape index (κ2) is 5.26. The standard InChI is InChI=1S/C15H21ClN2O2/c1-15(2)12(8-13(15)19)17-9-5-6-11(16)10(7-9)14(20)18(3)4/h5-7,12-13,17,19H,8H2,1-4H3. The van der Waals surface area contributed by atoms with Crippen molar-refractivity contribution in [3.8, 4) is 0 Å². The van der Waals surface area contributed by atoms with Gasteiger partial charge in [-0.2, -0.15) is 0 Å². The lowest BCUT2D eigenvalue weighted by Crippen LogP contribution is -2.56. The Morgan fingerprint density at radius 2 is 2.10 bits per heavy atom. The lowest BCUT2D eigenvalue weighted by atomic mass is 9.64. The Balaban J connectivity index is 2.19. The minimum atomic E-state index is -0.282. The first kappa shape index (κ1) is 15.1. The van der Waals surface area contributed by atoms with Crippen molar-refractivity contribution in [1.29, 1.82) is 0 Å². The fourth-order valence-electron chi connectivity index (χ4n) is 2.37. The molecule has 2 atom stereocenters. The summed E-state index contributed by atoms with van der Waals surface area (Å²) in [6.07, 6.45) is 0.433. The number of nitrogens with one attached hydrogen (secondary N) is 1. The van der Waals surface area contributed by atoms with Gasteiger partial charge in [-0.3, -0.25) is 4.79 Å². The van der Waals surface area contributed by atoms with Gasteiger partial charge in [0.2, 0.25) is 0 Å². The molecule has 2 rings (SSSR count). The number of aliphatic hydroxyl groups excluding tert-OH is 1. The van der Waals surface area contributed by atoms with Gasteiger partial charge in [0, 0.05) is 31.2 Å². The molecular formula is C15H21ClN2O2. The molecule has 2 N–H and O–H groups in total. The maximum absolute atomic E-state index is 12.0. The van der Waals surface area contributed by atoms with Crippen LogP contribution in [0.5, 0.6) is 0 Å². The van der Waals surface area contributed by atoms with E-state index < -0.39 is 0 Å². The third-order valence-electron chi connectivity index (χ3n) is 4.16.